The number of rotatable bonds is 5. The van der Waals surface area contributed by atoms with Gasteiger partial charge in [-0.05, 0) is 79.3 Å². The Morgan fingerprint density at radius 1 is 0.972 bits per heavy atom. The van der Waals surface area contributed by atoms with Crippen LogP contribution < -0.4 is 14.4 Å². The molecule has 186 valence electrons. The van der Waals surface area contributed by atoms with Gasteiger partial charge in [0.2, 0.25) is 0 Å². The van der Waals surface area contributed by atoms with E-state index in [0.29, 0.717) is 6.42 Å². The first-order valence-electron chi connectivity index (χ1n) is 12.6. The van der Waals surface area contributed by atoms with Crippen molar-refractivity contribution in [3.63, 3.8) is 0 Å². The molecule has 0 radical (unpaired) electrons. The smallest absolute Gasteiger partial charge is 0.169 e. The summed E-state index contributed by atoms with van der Waals surface area (Å²) in [5.74, 6) is 0.218. The first-order chi connectivity index (χ1) is 17.3. The van der Waals surface area contributed by atoms with Gasteiger partial charge >= 0.3 is 0 Å². The van der Waals surface area contributed by atoms with Crippen LogP contribution in [-0.4, -0.2) is 12.8 Å². The molecule has 0 spiro atoms. The molecule has 3 aromatic rings. The van der Waals surface area contributed by atoms with E-state index in [-0.39, 0.29) is 5.78 Å². The molecule has 0 bridgehead atoms. The highest BCUT2D eigenvalue weighted by molar-refractivity contribution is 7.08. The van der Waals surface area contributed by atoms with E-state index in [0.717, 1.165) is 43.6 Å². The van der Waals surface area contributed by atoms with Gasteiger partial charge in [0.05, 0.1) is 0 Å². The number of carbonyl (C=O) groups is 1. The lowest BCUT2D eigenvalue weighted by Gasteiger charge is -2.13. The summed E-state index contributed by atoms with van der Waals surface area (Å²) in [5, 5.41) is 3.30. The highest BCUT2D eigenvalue weighted by atomic mass is 32.1. The van der Waals surface area contributed by atoms with Crippen molar-refractivity contribution in [2.45, 2.75) is 48.0 Å². The van der Waals surface area contributed by atoms with Gasteiger partial charge in [-0.15, -0.1) is 11.3 Å². The van der Waals surface area contributed by atoms with E-state index in [1.54, 1.807) is 11.3 Å². The second-order valence-electron chi connectivity index (χ2n) is 8.92. The Bertz CT molecular complexity index is 1480. The molecule has 1 N–H and O–H groups in total. The maximum absolute atomic E-state index is 12.8. The monoisotopic (exact) mass is 495 g/mol. The van der Waals surface area contributed by atoms with Crippen LogP contribution in [0.25, 0.3) is 16.7 Å². The van der Waals surface area contributed by atoms with E-state index in [2.05, 4.69) is 100 Å². The Morgan fingerprint density at radius 2 is 1.67 bits per heavy atom. The summed E-state index contributed by atoms with van der Waals surface area (Å²) in [4.78, 5) is 12.8. The Kier molecular flexibility index (Phi) is 9.06. The van der Waals surface area contributed by atoms with Crippen LogP contribution in [0.2, 0.25) is 0 Å². The third-order valence-electron chi connectivity index (χ3n) is 6.35. The molecule has 0 aliphatic heterocycles. The van der Waals surface area contributed by atoms with E-state index in [1.165, 1.54) is 21.2 Å². The zero-order valence-electron chi connectivity index (χ0n) is 22.6. The third-order valence-corrected chi connectivity index (χ3v) is 7.59. The Labute approximate surface area is 220 Å². The summed E-state index contributed by atoms with van der Waals surface area (Å²) in [5.41, 5.74) is 11.2. The maximum Gasteiger partial charge on any atom is 0.169 e. The Balaban J connectivity index is 0.00000176. The van der Waals surface area contributed by atoms with Crippen LogP contribution in [0.3, 0.4) is 0 Å². The van der Waals surface area contributed by atoms with Gasteiger partial charge in [-0.25, -0.2) is 0 Å². The predicted octanol–water partition coefficient (Wildman–Crippen LogP) is 7.14. The van der Waals surface area contributed by atoms with E-state index in [9.17, 15) is 4.79 Å². The van der Waals surface area contributed by atoms with Crippen molar-refractivity contribution in [3.8, 4) is 0 Å². The number of nitrogens with one attached hydrogen (secondary N) is 1. The van der Waals surface area contributed by atoms with E-state index < -0.39 is 0 Å². The van der Waals surface area contributed by atoms with Crippen LogP contribution in [0, 0.1) is 13.8 Å². The number of thiophene rings is 1. The maximum atomic E-state index is 12.8. The SMILES string of the molecule is C=C\C(=C(C)/C=C\C(C)=c1\cc/c(=C2\C(=O)Cc3cc(C)ccc32)s1)c1ccc(C)cc1NC.CC. The molecule has 0 saturated carbocycles. The molecule has 1 heterocycles. The molecule has 2 nitrogen and oxygen atoms in total. The van der Waals surface area contributed by atoms with Crippen LogP contribution in [-0.2, 0) is 11.2 Å². The third kappa shape index (κ3) is 5.68. The van der Waals surface area contributed by atoms with Gasteiger partial charge < -0.3 is 5.32 Å². The number of ketones is 1. The lowest BCUT2D eigenvalue weighted by atomic mass is 9.97. The lowest BCUT2D eigenvalue weighted by molar-refractivity contribution is -0.112. The lowest BCUT2D eigenvalue weighted by Crippen LogP contribution is -2.07. The molecule has 0 fully saturated rings. The molecule has 36 heavy (non-hydrogen) atoms. The molecular weight excluding hydrogens is 458 g/mol. The van der Waals surface area contributed by atoms with Crippen molar-refractivity contribution in [2.75, 3.05) is 12.4 Å². The summed E-state index contributed by atoms with van der Waals surface area (Å²) in [6.45, 7) is 16.5. The fourth-order valence-corrected chi connectivity index (χ4v) is 5.55. The summed E-state index contributed by atoms with van der Waals surface area (Å²) in [7, 11) is 1.95. The van der Waals surface area contributed by atoms with Crippen molar-refractivity contribution >= 4 is 39.5 Å². The van der Waals surface area contributed by atoms with Crippen LogP contribution in [0.1, 0.15) is 55.5 Å². The summed E-state index contributed by atoms with van der Waals surface area (Å²) < 4.78 is 2.22. The summed E-state index contributed by atoms with van der Waals surface area (Å²) in [6.07, 6.45) is 6.73. The minimum atomic E-state index is 0.218. The zero-order chi connectivity index (χ0) is 26.4. The molecule has 1 aliphatic carbocycles. The second-order valence-corrected chi connectivity index (χ2v) is 10.00. The van der Waals surface area contributed by atoms with Crippen LogP contribution in [0.15, 0.2) is 78.9 Å². The first kappa shape index (κ1) is 27.2. The summed E-state index contributed by atoms with van der Waals surface area (Å²) in [6, 6.07) is 17.0. The van der Waals surface area contributed by atoms with Crippen LogP contribution in [0.5, 0.6) is 0 Å². The Hall–Kier alpha value is -3.43. The quantitative estimate of drug-likeness (QED) is 0.381. The van der Waals surface area contributed by atoms with Crippen LogP contribution >= 0.6 is 11.3 Å². The van der Waals surface area contributed by atoms with E-state index in [4.69, 9.17) is 0 Å². The minimum absolute atomic E-state index is 0.218. The van der Waals surface area contributed by atoms with E-state index in [1.807, 2.05) is 27.0 Å². The summed E-state index contributed by atoms with van der Waals surface area (Å²) >= 11 is 1.69. The average Bonchev–Trinajstić information content (AvgIpc) is 3.48. The van der Waals surface area contributed by atoms with Crippen molar-refractivity contribution in [1.29, 1.82) is 0 Å². The number of allylic oxidation sites excluding steroid dienone is 5. The van der Waals surface area contributed by atoms with Crippen molar-refractivity contribution in [1.82, 2.24) is 0 Å². The van der Waals surface area contributed by atoms with Crippen LogP contribution in [0.4, 0.5) is 5.69 Å². The fraction of sp³-hybridized carbons (Fsp3) is 0.242. The predicted molar refractivity (Wildman–Crippen MR) is 159 cm³/mol. The van der Waals surface area contributed by atoms with E-state index >= 15 is 0 Å². The largest absolute Gasteiger partial charge is 0.388 e. The molecule has 0 unspecified atom stereocenters. The van der Waals surface area contributed by atoms with Gasteiger partial charge in [-0.3, -0.25) is 4.79 Å². The number of anilines is 1. The second kappa shape index (κ2) is 12.0. The number of aryl methyl sites for hydroxylation is 2. The zero-order valence-corrected chi connectivity index (χ0v) is 23.4. The van der Waals surface area contributed by atoms with Crippen molar-refractivity contribution in [2.24, 2.45) is 0 Å². The van der Waals surface area contributed by atoms with Gasteiger partial charge in [0.25, 0.3) is 0 Å². The fourth-order valence-electron chi connectivity index (χ4n) is 4.48. The highest BCUT2D eigenvalue weighted by Crippen LogP contribution is 2.30. The van der Waals surface area contributed by atoms with Crippen molar-refractivity contribution < 1.29 is 4.79 Å². The minimum Gasteiger partial charge on any atom is -0.388 e. The molecule has 3 heteroatoms. The molecule has 1 aromatic heterocycles. The van der Waals surface area contributed by atoms with Gasteiger partial charge in [0.15, 0.2) is 5.78 Å². The molecular formula is C33H37NOS. The number of Topliss-reactive ketones (excluding diaryl/α,β-unsaturated/α-hetero) is 1. The number of fused-ring (bicyclic) bond motifs is 1. The van der Waals surface area contributed by atoms with Gasteiger partial charge in [0, 0.05) is 39.4 Å². The molecule has 2 aromatic carbocycles. The number of hydrogen-bond donors (Lipinski definition) is 1. The van der Waals surface area contributed by atoms with Gasteiger partial charge in [-0.1, -0.05) is 74.5 Å². The normalized spacial score (nSPS) is 15.7. The highest BCUT2D eigenvalue weighted by Gasteiger charge is 2.25. The average molecular weight is 496 g/mol. The van der Waals surface area contributed by atoms with Gasteiger partial charge in [-0.2, -0.15) is 0 Å². The first-order valence-corrected chi connectivity index (χ1v) is 13.4. The molecule has 1 aliphatic rings. The standard InChI is InChI=1S/C31H31NOS.C2H6/c1-7-24(26-13-9-20(3)17-27(26)32-6)21(4)10-11-22(5)29-14-15-30(34-29)31-25-12-8-19(2)16-23(25)18-28(31)33;1-2/h7-17,32H,1,18H2,2-6H3;1-2H3/b11-10-,24-21+,29-22-,31-30+;. The molecule has 0 amide bonds. The number of benzene rings is 2. The molecule has 0 saturated heterocycles. The Morgan fingerprint density at radius 3 is 2.36 bits per heavy atom. The van der Waals surface area contributed by atoms with Gasteiger partial charge in [0.1, 0.15) is 0 Å². The molecule has 0 atom stereocenters. The molecule has 4 rings (SSSR count). The topological polar surface area (TPSA) is 29.1 Å². The van der Waals surface area contributed by atoms with Crippen molar-refractivity contribution in [3.05, 3.63) is 116 Å². The number of carbonyl (C=O) groups excluding carboxylic acids is 1. The number of hydrogen-bond acceptors (Lipinski definition) is 3.